The van der Waals surface area contributed by atoms with Crippen LogP contribution in [0.4, 0.5) is 0 Å². The van der Waals surface area contributed by atoms with Gasteiger partial charge < -0.3 is 10.6 Å². The quantitative estimate of drug-likeness (QED) is 0.750. The first-order valence-electron chi connectivity index (χ1n) is 6.41. The number of likely N-dealkylation sites (N-methyl/N-ethyl adjacent to an activating group) is 1. The number of carbonyl (C=O) groups is 1. The fourth-order valence-corrected chi connectivity index (χ4v) is 2.93. The van der Waals surface area contributed by atoms with E-state index in [0.717, 1.165) is 44.9 Å². The van der Waals surface area contributed by atoms with E-state index in [2.05, 4.69) is 4.90 Å². The third kappa shape index (κ3) is 2.38. The standard InChI is InChI=1S/C12H23N3O/c1-14-7-5-11(12(14)16)15-8-3-10(2-6-13)4-9-15/h10-11H,2-9,13H2,1H3. The van der Waals surface area contributed by atoms with Crippen LogP contribution < -0.4 is 5.73 Å². The number of hydrogen-bond donors (Lipinski definition) is 1. The predicted octanol–water partition coefficient (Wildman–Crippen LogP) is 0.278. The van der Waals surface area contributed by atoms with Crippen LogP contribution in [0.2, 0.25) is 0 Å². The molecule has 4 nitrogen and oxygen atoms in total. The zero-order chi connectivity index (χ0) is 11.5. The molecule has 2 fully saturated rings. The molecule has 2 heterocycles. The van der Waals surface area contributed by atoms with Crippen molar-refractivity contribution in [1.29, 1.82) is 0 Å². The van der Waals surface area contributed by atoms with Gasteiger partial charge in [-0.15, -0.1) is 0 Å². The van der Waals surface area contributed by atoms with Gasteiger partial charge in [0.2, 0.25) is 5.91 Å². The largest absolute Gasteiger partial charge is 0.344 e. The molecule has 0 aromatic heterocycles. The molecule has 0 aliphatic carbocycles. The molecule has 4 heteroatoms. The average Bonchev–Trinajstić information content (AvgIpc) is 2.62. The van der Waals surface area contributed by atoms with Gasteiger partial charge in [0.25, 0.3) is 0 Å². The maximum atomic E-state index is 11.9. The monoisotopic (exact) mass is 225 g/mol. The van der Waals surface area contributed by atoms with Crippen LogP contribution in [-0.4, -0.2) is 55.0 Å². The number of hydrogen-bond acceptors (Lipinski definition) is 3. The number of nitrogens with two attached hydrogens (primary N) is 1. The lowest BCUT2D eigenvalue weighted by Crippen LogP contribution is -2.45. The maximum absolute atomic E-state index is 11.9. The van der Waals surface area contributed by atoms with Crippen LogP contribution in [0.25, 0.3) is 0 Å². The van der Waals surface area contributed by atoms with Crippen molar-refractivity contribution in [3.05, 3.63) is 0 Å². The average molecular weight is 225 g/mol. The van der Waals surface area contributed by atoms with Crippen LogP contribution in [0.5, 0.6) is 0 Å². The topological polar surface area (TPSA) is 49.6 Å². The fraction of sp³-hybridized carbons (Fsp3) is 0.917. The second kappa shape index (κ2) is 5.15. The first-order valence-corrected chi connectivity index (χ1v) is 6.41. The minimum atomic E-state index is 0.170. The molecular weight excluding hydrogens is 202 g/mol. The van der Waals surface area contributed by atoms with Crippen molar-refractivity contribution in [3.63, 3.8) is 0 Å². The normalized spacial score (nSPS) is 29.0. The number of piperidine rings is 1. The predicted molar refractivity (Wildman–Crippen MR) is 64.0 cm³/mol. The summed E-state index contributed by atoms with van der Waals surface area (Å²) in [4.78, 5) is 16.1. The Morgan fingerprint density at radius 3 is 2.44 bits per heavy atom. The van der Waals surface area contributed by atoms with Crippen molar-refractivity contribution in [2.75, 3.05) is 33.2 Å². The van der Waals surface area contributed by atoms with E-state index >= 15 is 0 Å². The van der Waals surface area contributed by atoms with E-state index in [1.165, 1.54) is 12.8 Å². The number of amides is 1. The molecule has 92 valence electrons. The van der Waals surface area contributed by atoms with E-state index in [1.54, 1.807) is 0 Å². The summed E-state index contributed by atoms with van der Waals surface area (Å²) < 4.78 is 0. The third-order valence-corrected chi connectivity index (χ3v) is 4.06. The number of nitrogens with zero attached hydrogens (tertiary/aromatic N) is 2. The van der Waals surface area contributed by atoms with Gasteiger partial charge in [0.1, 0.15) is 0 Å². The van der Waals surface area contributed by atoms with E-state index in [0.29, 0.717) is 5.91 Å². The minimum absolute atomic E-state index is 0.170. The van der Waals surface area contributed by atoms with Crippen LogP contribution in [0.15, 0.2) is 0 Å². The zero-order valence-corrected chi connectivity index (χ0v) is 10.2. The highest BCUT2D eigenvalue weighted by Gasteiger charge is 2.35. The van der Waals surface area contributed by atoms with Gasteiger partial charge in [-0.1, -0.05) is 0 Å². The zero-order valence-electron chi connectivity index (χ0n) is 10.2. The summed E-state index contributed by atoms with van der Waals surface area (Å²) in [5, 5.41) is 0. The summed E-state index contributed by atoms with van der Waals surface area (Å²) in [7, 11) is 1.91. The summed E-state index contributed by atoms with van der Waals surface area (Å²) >= 11 is 0. The van der Waals surface area contributed by atoms with Gasteiger partial charge >= 0.3 is 0 Å². The molecule has 0 spiro atoms. The summed E-state index contributed by atoms with van der Waals surface area (Å²) in [6.07, 6.45) is 4.58. The van der Waals surface area contributed by atoms with E-state index in [-0.39, 0.29) is 6.04 Å². The summed E-state index contributed by atoms with van der Waals surface area (Å²) in [5.41, 5.74) is 5.58. The molecule has 1 atom stereocenters. The van der Waals surface area contributed by atoms with Crippen LogP contribution in [0, 0.1) is 5.92 Å². The van der Waals surface area contributed by atoms with Crippen molar-refractivity contribution < 1.29 is 4.79 Å². The van der Waals surface area contributed by atoms with E-state index in [9.17, 15) is 4.79 Å². The van der Waals surface area contributed by atoms with Gasteiger partial charge in [0.05, 0.1) is 6.04 Å². The van der Waals surface area contributed by atoms with E-state index < -0.39 is 0 Å². The lowest BCUT2D eigenvalue weighted by Gasteiger charge is -2.34. The summed E-state index contributed by atoms with van der Waals surface area (Å²) in [6, 6.07) is 0.170. The Morgan fingerprint density at radius 1 is 1.25 bits per heavy atom. The molecule has 0 aromatic rings. The molecule has 2 aliphatic heterocycles. The Bertz CT molecular complexity index is 249. The van der Waals surface area contributed by atoms with Gasteiger partial charge in [-0.05, 0) is 51.2 Å². The van der Waals surface area contributed by atoms with Gasteiger partial charge in [-0.2, -0.15) is 0 Å². The molecule has 0 saturated carbocycles. The molecular formula is C12H23N3O. The molecule has 2 N–H and O–H groups in total. The van der Waals surface area contributed by atoms with Crippen molar-refractivity contribution in [1.82, 2.24) is 9.80 Å². The first-order chi connectivity index (χ1) is 7.72. The summed E-state index contributed by atoms with van der Waals surface area (Å²) in [5.74, 6) is 1.10. The van der Waals surface area contributed by atoms with Crippen molar-refractivity contribution in [2.45, 2.75) is 31.7 Å². The van der Waals surface area contributed by atoms with Crippen LogP contribution in [0.3, 0.4) is 0 Å². The lowest BCUT2D eigenvalue weighted by atomic mass is 9.92. The molecule has 2 rings (SSSR count). The van der Waals surface area contributed by atoms with Gasteiger partial charge in [-0.3, -0.25) is 9.69 Å². The Labute approximate surface area is 97.8 Å². The maximum Gasteiger partial charge on any atom is 0.239 e. The number of carbonyl (C=O) groups excluding carboxylic acids is 1. The Kier molecular flexibility index (Phi) is 3.82. The van der Waals surface area contributed by atoms with Crippen LogP contribution >= 0.6 is 0 Å². The number of likely N-dealkylation sites (tertiary alicyclic amines) is 2. The molecule has 16 heavy (non-hydrogen) atoms. The Morgan fingerprint density at radius 2 is 1.94 bits per heavy atom. The molecule has 1 amide bonds. The molecule has 2 aliphatic rings. The van der Waals surface area contributed by atoms with Crippen molar-refractivity contribution in [2.24, 2.45) is 11.7 Å². The lowest BCUT2D eigenvalue weighted by molar-refractivity contribution is -0.131. The van der Waals surface area contributed by atoms with Gasteiger partial charge in [0, 0.05) is 13.6 Å². The molecule has 0 radical (unpaired) electrons. The third-order valence-electron chi connectivity index (χ3n) is 4.06. The molecule has 1 unspecified atom stereocenters. The van der Waals surface area contributed by atoms with Gasteiger partial charge in [0.15, 0.2) is 0 Å². The number of rotatable bonds is 3. The minimum Gasteiger partial charge on any atom is -0.344 e. The molecule has 0 aromatic carbocycles. The highest BCUT2D eigenvalue weighted by Crippen LogP contribution is 2.24. The van der Waals surface area contributed by atoms with Gasteiger partial charge in [-0.25, -0.2) is 0 Å². The van der Waals surface area contributed by atoms with E-state index in [1.807, 2.05) is 11.9 Å². The van der Waals surface area contributed by atoms with Crippen molar-refractivity contribution in [3.8, 4) is 0 Å². The fourth-order valence-electron chi connectivity index (χ4n) is 2.93. The molecule has 2 saturated heterocycles. The highest BCUT2D eigenvalue weighted by molar-refractivity contribution is 5.83. The van der Waals surface area contributed by atoms with Crippen LogP contribution in [0.1, 0.15) is 25.7 Å². The summed E-state index contributed by atoms with van der Waals surface area (Å²) in [6.45, 7) is 3.88. The van der Waals surface area contributed by atoms with E-state index in [4.69, 9.17) is 5.73 Å². The van der Waals surface area contributed by atoms with Crippen molar-refractivity contribution >= 4 is 5.91 Å². The Balaban J connectivity index is 1.83. The smallest absolute Gasteiger partial charge is 0.239 e. The second-order valence-electron chi connectivity index (χ2n) is 5.12. The Hall–Kier alpha value is -0.610. The van der Waals surface area contributed by atoms with Crippen LogP contribution in [-0.2, 0) is 4.79 Å². The second-order valence-corrected chi connectivity index (χ2v) is 5.12. The highest BCUT2D eigenvalue weighted by atomic mass is 16.2. The first kappa shape index (κ1) is 11.9. The SMILES string of the molecule is CN1CCC(N2CCC(CCN)CC2)C1=O. The molecule has 0 bridgehead atoms.